The molecule has 0 aliphatic heterocycles. The summed E-state index contributed by atoms with van der Waals surface area (Å²) in [6.45, 7) is 3.46. The Morgan fingerprint density at radius 1 is 1.70 bits per heavy atom. The van der Waals surface area contributed by atoms with Gasteiger partial charge in [0.1, 0.15) is 0 Å². The Labute approximate surface area is 68.9 Å². The lowest BCUT2D eigenvalue weighted by atomic mass is 10.3. The van der Waals surface area contributed by atoms with E-state index in [1.165, 1.54) is 6.20 Å². The molecule has 3 heteroatoms. The summed E-state index contributed by atoms with van der Waals surface area (Å²) < 4.78 is 0.804. The quantitative estimate of drug-likeness (QED) is 0.680. The van der Waals surface area contributed by atoms with Crippen LogP contribution in [0.2, 0.25) is 0 Å². The number of halogens is 1. The van der Waals surface area contributed by atoms with Crippen molar-refractivity contribution in [1.82, 2.24) is 0 Å². The van der Waals surface area contributed by atoms with Gasteiger partial charge in [0.15, 0.2) is 0 Å². The normalized spacial score (nSPS) is 13.4. The van der Waals surface area contributed by atoms with Crippen molar-refractivity contribution >= 4 is 15.9 Å². The van der Waals surface area contributed by atoms with Crippen LogP contribution in [0.15, 0.2) is 35.0 Å². The molecule has 10 heavy (non-hydrogen) atoms. The van der Waals surface area contributed by atoms with Gasteiger partial charge in [-0.1, -0.05) is 28.6 Å². The van der Waals surface area contributed by atoms with Gasteiger partial charge >= 0.3 is 0 Å². The predicted octanol–water partition coefficient (Wildman–Crippen LogP) is 1.29. The van der Waals surface area contributed by atoms with E-state index in [-0.39, 0.29) is 6.61 Å². The Morgan fingerprint density at radius 2 is 2.30 bits per heavy atom. The van der Waals surface area contributed by atoms with Crippen LogP contribution in [0.3, 0.4) is 0 Å². The van der Waals surface area contributed by atoms with Crippen LogP contribution in [0.5, 0.6) is 0 Å². The second kappa shape index (κ2) is 5.26. The number of rotatable bonds is 3. The Hall–Kier alpha value is -0.540. The minimum absolute atomic E-state index is 0.0561. The van der Waals surface area contributed by atoms with Crippen molar-refractivity contribution < 1.29 is 5.11 Å². The Bertz CT molecular complexity index is 172. The SMILES string of the molecule is C=C/C(Br)=C\C(=C/N)CO. The molecule has 0 heterocycles. The molecule has 0 aliphatic carbocycles. The van der Waals surface area contributed by atoms with Gasteiger partial charge in [-0.05, 0) is 17.8 Å². The van der Waals surface area contributed by atoms with E-state index >= 15 is 0 Å². The van der Waals surface area contributed by atoms with Crippen molar-refractivity contribution in [2.24, 2.45) is 5.73 Å². The number of allylic oxidation sites excluding steroid dienone is 2. The molecule has 0 aliphatic rings. The molecule has 0 aromatic carbocycles. The molecule has 0 rings (SSSR count). The van der Waals surface area contributed by atoms with Crippen LogP contribution in [0.1, 0.15) is 0 Å². The maximum atomic E-state index is 8.62. The van der Waals surface area contributed by atoms with Crippen molar-refractivity contribution in [2.45, 2.75) is 0 Å². The molecule has 0 radical (unpaired) electrons. The van der Waals surface area contributed by atoms with Gasteiger partial charge in [-0.2, -0.15) is 0 Å². The Kier molecular flexibility index (Phi) is 4.98. The van der Waals surface area contributed by atoms with E-state index in [4.69, 9.17) is 10.8 Å². The Morgan fingerprint density at radius 3 is 2.60 bits per heavy atom. The second-order valence-electron chi connectivity index (χ2n) is 1.63. The number of hydrogen-bond donors (Lipinski definition) is 2. The fourth-order valence-electron chi connectivity index (χ4n) is 0.382. The van der Waals surface area contributed by atoms with Gasteiger partial charge in [-0.15, -0.1) is 0 Å². The summed E-state index contributed by atoms with van der Waals surface area (Å²) in [5, 5.41) is 8.62. The second-order valence-corrected chi connectivity index (χ2v) is 2.55. The third-order valence-electron chi connectivity index (χ3n) is 0.915. The first-order chi connectivity index (χ1) is 4.74. The van der Waals surface area contributed by atoms with Crippen molar-refractivity contribution in [1.29, 1.82) is 0 Å². The standard InChI is InChI=1S/C7H10BrNO/c1-2-7(8)3-6(4-9)5-10/h2-4,10H,1,5,9H2/b6-4+,7-3+. The fraction of sp³-hybridized carbons (Fsp3) is 0.143. The fourth-order valence-corrected chi connectivity index (χ4v) is 0.677. The summed E-state index contributed by atoms with van der Waals surface area (Å²) in [5.74, 6) is 0. The molecule has 3 N–H and O–H groups in total. The average molecular weight is 204 g/mol. The highest BCUT2D eigenvalue weighted by atomic mass is 79.9. The van der Waals surface area contributed by atoms with Crippen LogP contribution in [0.4, 0.5) is 0 Å². The van der Waals surface area contributed by atoms with Gasteiger partial charge in [0.2, 0.25) is 0 Å². The number of nitrogens with two attached hydrogens (primary N) is 1. The highest BCUT2D eigenvalue weighted by Gasteiger charge is 1.88. The zero-order valence-corrected chi connectivity index (χ0v) is 7.13. The summed E-state index contributed by atoms with van der Waals surface area (Å²) in [6, 6.07) is 0. The molecular weight excluding hydrogens is 194 g/mol. The lowest BCUT2D eigenvalue weighted by Crippen LogP contribution is -1.91. The summed E-state index contributed by atoms with van der Waals surface area (Å²) in [4.78, 5) is 0. The summed E-state index contributed by atoms with van der Waals surface area (Å²) in [7, 11) is 0. The Balaban J connectivity index is 4.22. The van der Waals surface area contributed by atoms with E-state index < -0.39 is 0 Å². The third-order valence-corrected chi connectivity index (χ3v) is 1.47. The molecule has 0 aromatic heterocycles. The molecule has 0 amide bonds. The molecular formula is C7H10BrNO. The average Bonchev–Trinajstić information content (AvgIpc) is 1.99. The van der Waals surface area contributed by atoms with Gasteiger partial charge in [0, 0.05) is 4.48 Å². The minimum Gasteiger partial charge on any atom is -0.404 e. The monoisotopic (exact) mass is 203 g/mol. The molecule has 2 nitrogen and oxygen atoms in total. The van der Waals surface area contributed by atoms with Crippen LogP contribution in [-0.2, 0) is 0 Å². The molecule has 0 fully saturated rings. The molecule has 0 atom stereocenters. The molecule has 0 spiro atoms. The van der Waals surface area contributed by atoms with Crippen LogP contribution in [0.25, 0.3) is 0 Å². The first-order valence-corrected chi connectivity index (χ1v) is 3.55. The van der Waals surface area contributed by atoms with E-state index in [9.17, 15) is 0 Å². The van der Waals surface area contributed by atoms with Crippen LogP contribution in [-0.4, -0.2) is 11.7 Å². The first kappa shape index (κ1) is 9.46. The third kappa shape index (κ3) is 3.48. The van der Waals surface area contributed by atoms with Gasteiger partial charge in [-0.3, -0.25) is 0 Å². The molecule has 0 saturated carbocycles. The van der Waals surface area contributed by atoms with E-state index in [0.717, 1.165) is 4.48 Å². The van der Waals surface area contributed by atoms with Gasteiger partial charge in [0.25, 0.3) is 0 Å². The zero-order chi connectivity index (χ0) is 7.98. The van der Waals surface area contributed by atoms with Crippen molar-refractivity contribution in [2.75, 3.05) is 6.61 Å². The molecule has 0 aromatic rings. The summed E-state index contributed by atoms with van der Waals surface area (Å²) in [5.41, 5.74) is 5.82. The number of hydrogen-bond acceptors (Lipinski definition) is 2. The smallest absolute Gasteiger partial charge is 0.0696 e. The van der Waals surface area contributed by atoms with Gasteiger partial charge < -0.3 is 10.8 Å². The van der Waals surface area contributed by atoms with E-state index in [0.29, 0.717) is 5.57 Å². The topological polar surface area (TPSA) is 46.2 Å². The lowest BCUT2D eigenvalue weighted by Gasteiger charge is -1.93. The molecule has 0 bridgehead atoms. The van der Waals surface area contributed by atoms with Crippen molar-refractivity contribution in [3.8, 4) is 0 Å². The largest absolute Gasteiger partial charge is 0.404 e. The van der Waals surface area contributed by atoms with Crippen LogP contribution in [0, 0.1) is 0 Å². The maximum Gasteiger partial charge on any atom is 0.0696 e. The molecule has 56 valence electrons. The number of aliphatic hydroxyl groups is 1. The maximum absolute atomic E-state index is 8.62. The first-order valence-electron chi connectivity index (χ1n) is 2.76. The van der Waals surface area contributed by atoms with E-state index in [1.807, 2.05) is 0 Å². The van der Waals surface area contributed by atoms with E-state index in [1.54, 1.807) is 12.2 Å². The summed E-state index contributed by atoms with van der Waals surface area (Å²) in [6.07, 6.45) is 4.68. The van der Waals surface area contributed by atoms with Crippen LogP contribution < -0.4 is 5.73 Å². The highest BCUT2D eigenvalue weighted by Crippen LogP contribution is 2.08. The molecule has 0 unspecified atom stereocenters. The molecule has 0 saturated heterocycles. The van der Waals surface area contributed by atoms with E-state index in [2.05, 4.69) is 22.5 Å². The zero-order valence-electron chi connectivity index (χ0n) is 5.55. The highest BCUT2D eigenvalue weighted by molar-refractivity contribution is 9.11. The lowest BCUT2D eigenvalue weighted by molar-refractivity contribution is 0.334. The van der Waals surface area contributed by atoms with Gasteiger partial charge in [0.05, 0.1) is 6.61 Å². The van der Waals surface area contributed by atoms with Crippen molar-refractivity contribution in [3.05, 3.63) is 35.0 Å². The summed E-state index contributed by atoms with van der Waals surface area (Å²) >= 11 is 3.19. The predicted molar refractivity (Wildman–Crippen MR) is 46.6 cm³/mol. The minimum atomic E-state index is -0.0561. The van der Waals surface area contributed by atoms with Crippen molar-refractivity contribution in [3.63, 3.8) is 0 Å². The number of aliphatic hydroxyl groups excluding tert-OH is 1. The van der Waals surface area contributed by atoms with Crippen LogP contribution >= 0.6 is 15.9 Å². The van der Waals surface area contributed by atoms with Gasteiger partial charge in [-0.25, -0.2) is 0 Å².